The van der Waals surface area contributed by atoms with Crippen molar-refractivity contribution >= 4 is 21.7 Å². The first-order valence-electron chi connectivity index (χ1n) is 5.46. The molecule has 5 heteroatoms. The molecule has 18 heavy (non-hydrogen) atoms. The van der Waals surface area contributed by atoms with Crippen LogP contribution in [0.25, 0.3) is 0 Å². The van der Waals surface area contributed by atoms with Crippen LogP contribution in [-0.2, 0) is 7.05 Å². The molecular weight excluding hydrogens is 296 g/mol. The number of halogens is 1. The Labute approximate surface area is 114 Å². The van der Waals surface area contributed by atoms with Crippen molar-refractivity contribution in [1.29, 1.82) is 0 Å². The Kier molecular flexibility index (Phi) is 3.52. The fourth-order valence-corrected chi connectivity index (χ4v) is 2.06. The number of rotatable bonds is 3. The van der Waals surface area contributed by atoms with Crippen LogP contribution in [0.1, 0.15) is 23.0 Å². The van der Waals surface area contributed by atoms with Crippen molar-refractivity contribution < 1.29 is 9.53 Å². The normalized spacial score (nSPS) is 10.4. The van der Waals surface area contributed by atoms with E-state index in [-0.39, 0.29) is 5.78 Å². The average Bonchev–Trinajstić information content (AvgIpc) is 2.60. The maximum absolute atomic E-state index is 11.2. The minimum atomic E-state index is 0.0265. The zero-order valence-corrected chi connectivity index (χ0v) is 12.0. The van der Waals surface area contributed by atoms with Gasteiger partial charge in [0, 0.05) is 18.7 Å². The number of nitrogens with zero attached hydrogens (tertiary/aromatic N) is 2. The van der Waals surface area contributed by atoms with Crippen molar-refractivity contribution in [2.75, 3.05) is 0 Å². The number of benzene rings is 1. The molecular formula is C13H13BrN2O2. The summed E-state index contributed by atoms with van der Waals surface area (Å²) in [6.07, 6.45) is 0. The predicted octanol–water partition coefficient (Wildman–Crippen LogP) is 3.49. The van der Waals surface area contributed by atoms with Crippen molar-refractivity contribution in [2.24, 2.45) is 7.05 Å². The van der Waals surface area contributed by atoms with Gasteiger partial charge in [0.2, 0.25) is 5.88 Å². The van der Waals surface area contributed by atoms with Crippen molar-refractivity contribution in [2.45, 2.75) is 13.8 Å². The van der Waals surface area contributed by atoms with Gasteiger partial charge in [0.25, 0.3) is 0 Å². The SMILES string of the molecule is CC(=O)c1ccc(Oc2cc(C)nn2C)c(Br)c1. The molecule has 2 rings (SSSR count). The summed E-state index contributed by atoms with van der Waals surface area (Å²) in [7, 11) is 1.82. The number of aromatic nitrogens is 2. The summed E-state index contributed by atoms with van der Waals surface area (Å²) in [5.74, 6) is 1.34. The number of ketones is 1. The molecule has 0 fully saturated rings. The van der Waals surface area contributed by atoms with Gasteiger partial charge in [-0.1, -0.05) is 0 Å². The standard InChI is InChI=1S/C13H13BrN2O2/c1-8-6-13(16(3)15-8)18-12-5-4-10(9(2)17)7-11(12)14/h4-7H,1-3H3. The number of ether oxygens (including phenoxy) is 1. The fraction of sp³-hybridized carbons (Fsp3) is 0.231. The summed E-state index contributed by atoms with van der Waals surface area (Å²) in [4.78, 5) is 11.2. The number of carbonyl (C=O) groups is 1. The molecule has 0 saturated carbocycles. The Morgan fingerprint density at radius 2 is 2.11 bits per heavy atom. The molecule has 94 valence electrons. The van der Waals surface area contributed by atoms with E-state index in [9.17, 15) is 4.79 Å². The maximum Gasteiger partial charge on any atom is 0.217 e. The Bertz CT molecular complexity index is 605. The molecule has 0 unspecified atom stereocenters. The lowest BCUT2D eigenvalue weighted by molar-refractivity contribution is 0.101. The van der Waals surface area contributed by atoms with Crippen LogP contribution in [0.15, 0.2) is 28.7 Å². The number of hydrogen-bond donors (Lipinski definition) is 0. The lowest BCUT2D eigenvalue weighted by atomic mass is 10.1. The molecule has 0 radical (unpaired) electrons. The topological polar surface area (TPSA) is 44.1 Å². The van der Waals surface area contributed by atoms with E-state index in [0.29, 0.717) is 17.2 Å². The fourth-order valence-electron chi connectivity index (χ4n) is 1.60. The molecule has 1 aromatic carbocycles. The van der Waals surface area contributed by atoms with Gasteiger partial charge in [-0.25, -0.2) is 4.68 Å². The van der Waals surface area contributed by atoms with Gasteiger partial charge in [-0.2, -0.15) is 5.10 Å². The minimum Gasteiger partial charge on any atom is -0.438 e. The quantitative estimate of drug-likeness (QED) is 0.815. The molecule has 1 aromatic heterocycles. The first-order valence-corrected chi connectivity index (χ1v) is 6.25. The highest BCUT2D eigenvalue weighted by molar-refractivity contribution is 9.10. The van der Waals surface area contributed by atoms with Crippen molar-refractivity contribution in [1.82, 2.24) is 9.78 Å². The summed E-state index contributed by atoms with van der Waals surface area (Å²) in [6.45, 7) is 3.44. The molecule has 0 amide bonds. The third-order valence-electron chi connectivity index (χ3n) is 2.51. The van der Waals surface area contributed by atoms with Crippen LogP contribution >= 0.6 is 15.9 Å². The second-order valence-electron chi connectivity index (χ2n) is 4.05. The molecule has 0 saturated heterocycles. The van der Waals surface area contributed by atoms with Gasteiger partial charge in [-0.05, 0) is 48.0 Å². The summed E-state index contributed by atoms with van der Waals surface area (Å²) < 4.78 is 8.15. The molecule has 0 spiro atoms. The first kappa shape index (κ1) is 12.8. The first-order chi connectivity index (χ1) is 8.47. The maximum atomic E-state index is 11.2. The Morgan fingerprint density at radius 3 is 2.61 bits per heavy atom. The van der Waals surface area contributed by atoms with Crippen molar-refractivity contribution in [3.63, 3.8) is 0 Å². The monoisotopic (exact) mass is 308 g/mol. The lowest BCUT2D eigenvalue weighted by Crippen LogP contribution is -1.97. The highest BCUT2D eigenvalue weighted by Crippen LogP contribution is 2.30. The number of carbonyl (C=O) groups excluding carboxylic acids is 1. The molecule has 1 heterocycles. The van der Waals surface area contributed by atoms with Gasteiger partial charge < -0.3 is 4.74 Å². The molecule has 4 nitrogen and oxygen atoms in total. The summed E-state index contributed by atoms with van der Waals surface area (Å²) in [6, 6.07) is 7.11. The third-order valence-corrected chi connectivity index (χ3v) is 3.13. The third kappa shape index (κ3) is 2.61. The van der Waals surface area contributed by atoms with Crippen LogP contribution in [0.2, 0.25) is 0 Å². The smallest absolute Gasteiger partial charge is 0.217 e. The molecule has 0 aliphatic heterocycles. The van der Waals surface area contributed by atoms with Crippen molar-refractivity contribution in [3.05, 3.63) is 40.0 Å². The van der Waals surface area contributed by atoms with Gasteiger partial charge in [0.15, 0.2) is 5.78 Å². The van der Waals surface area contributed by atoms with Crippen LogP contribution in [-0.4, -0.2) is 15.6 Å². The highest BCUT2D eigenvalue weighted by Gasteiger charge is 2.09. The summed E-state index contributed by atoms with van der Waals surface area (Å²) in [5.41, 5.74) is 1.54. The molecule has 0 atom stereocenters. The van der Waals surface area contributed by atoms with E-state index in [4.69, 9.17) is 4.74 Å². The molecule has 0 aliphatic carbocycles. The largest absolute Gasteiger partial charge is 0.438 e. The van der Waals surface area contributed by atoms with Crippen molar-refractivity contribution in [3.8, 4) is 11.6 Å². The molecule has 0 aliphatic rings. The van der Waals surface area contributed by atoms with E-state index in [1.807, 2.05) is 20.0 Å². The van der Waals surface area contributed by atoms with E-state index >= 15 is 0 Å². The minimum absolute atomic E-state index is 0.0265. The van der Waals surface area contributed by atoms with E-state index in [1.54, 1.807) is 22.9 Å². The molecule has 0 N–H and O–H groups in total. The van der Waals surface area contributed by atoms with Gasteiger partial charge in [-0.15, -0.1) is 0 Å². The van der Waals surface area contributed by atoms with Gasteiger partial charge in [-0.3, -0.25) is 4.79 Å². The second kappa shape index (κ2) is 4.94. The van der Waals surface area contributed by atoms with E-state index < -0.39 is 0 Å². The number of Topliss-reactive ketones (excluding diaryl/α,β-unsaturated/α-hetero) is 1. The van der Waals surface area contributed by atoms with Gasteiger partial charge in [0.05, 0.1) is 10.2 Å². The van der Waals surface area contributed by atoms with E-state index in [0.717, 1.165) is 10.2 Å². The zero-order chi connectivity index (χ0) is 13.3. The summed E-state index contributed by atoms with van der Waals surface area (Å²) in [5, 5.41) is 4.20. The van der Waals surface area contributed by atoms with Crippen LogP contribution in [0.3, 0.4) is 0 Å². The van der Waals surface area contributed by atoms with E-state index in [1.165, 1.54) is 6.92 Å². The molecule has 2 aromatic rings. The Balaban J connectivity index is 2.30. The Morgan fingerprint density at radius 1 is 1.39 bits per heavy atom. The predicted molar refractivity (Wildman–Crippen MR) is 72.2 cm³/mol. The van der Waals surface area contributed by atoms with Crippen LogP contribution in [0.5, 0.6) is 11.6 Å². The van der Waals surface area contributed by atoms with Gasteiger partial charge >= 0.3 is 0 Å². The van der Waals surface area contributed by atoms with Gasteiger partial charge in [0.1, 0.15) is 5.75 Å². The second-order valence-corrected chi connectivity index (χ2v) is 4.91. The number of hydrogen-bond acceptors (Lipinski definition) is 3. The zero-order valence-electron chi connectivity index (χ0n) is 10.4. The molecule has 0 bridgehead atoms. The number of aryl methyl sites for hydroxylation is 2. The lowest BCUT2D eigenvalue weighted by Gasteiger charge is -2.08. The average molecular weight is 309 g/mol. The Hall–Kier alpha value is -1.62. The van der Waals surface area contributed by atoms with Crippen LogP contribution in [0.4, 0.5) is 0 Å². The van der Waals surface area contributed by atoms with E-state index in [2.05, 4.69) is 21.0 Å². The van der Waals surface area contributed by atoms with Crippen LogP contribution in [0, 0.1) is 6.92 Å². The van der Waals surface area contributed by atoms with Crippen LogP contribution < -0.4 is 4.74 Å². The highest BCUT2D eigenvalue weighted by atomic mass is 79.9. The summed E-state index contributed by atoms with van der Waals surface area (Å²) >= 11 is 3.40.